The molecule has 0 aliphatic rings. The van der Waals surface area contributed by atoms with Crippen LogP contribution in [0.2, 0.25) is 0 Å². The fourth-order valence-electron chi connectivity index (χ4n) is 2.77. The molecule has 0 radical (unpaired) electrons. The maximum atomic E-state index is 12.3. The molecule has 6 heteroatoms. The lowest BCUT2D eigenvalue weighted by Gasteiger charge is -2.30. The van der Waals surface area contributed by atoms with Gasteiger partial charge in [-0.25, -0.2) is 0 Å². The summed E-state index contributed by atoms with van der Waals surface area (Å²) in [7, 11) is 0. The van der Waals surface area contributed by atoms with Gasteiger partial charge in [0.05, 0.1) is 11.0 Å². The first-order valence-corrected chi connectivity index (χ1v) is 9.76. The number of aromatic nitrogens is 1. The minimum Gasteiger partial charge on any atom is -0.462 e. The van der Waals surface area contributed by atoms with E-state index in [1.165, 1.54) is 6.07 Å². The van der Waals surface area contributed by atoms with Crippen molar-refractivity contribution in [1.82, 2.24) is 4.98 Å². The molecule has 0 amide bonds. The van der Waals surface area contributed by atoms with E-state index in [0.29, 0.717) is 0 Å². The lowest BCUT2D eigenvalue weighted by atomic mass is 9.97. The van der Waals surface area contributed by atoms with Crippen LogP contribution in [0, 0.1) is 12.3 Å². The zero-order chi connectivity index (χ0) is 20.6. The third-order valence-electron chi connectivity index (χ3n) is 4.00. The summed E-state index contributed by atoms with van der Waals surface area (Å²) in [5, 5.41) is 0.875. The van der Waals surface area contributed by atoms with E-state index in [1.807, 2.05) is 54.5 Å². The molecule has 5 nitrogen and oxygen atoms in total. The van der Waals surface area contributed by atoms with Gasteiger partial charge in [-0.15, -0.1) is 0 Å². The Morgan fingerprint density at radius 2 is 1.81 bits per heavy atom. The lowest BCUT2D eigenvalue weighted by molar-refractivity contribution is -0.162. The second-order valence-corrected chi connectivity index (χ2v) is 9.57. The van der Waals surface area contributed by atoms with Gasteiger partial charge in [0.25, 0.3) is 0 Å². The highest BCUT2D eigenvalue weighted by Crippen LogP contribution is 2.37. The number of H-pyrrole nitrogens is 1. The Hall–Kier alpha value is -1.66. The topological polar surface area (TPSA) is 68.4 Å². The molecule has 0 aliphatic carbocycles. The number of carbonyl (C=O) groups is 1. The van der Waals surface area contributed by atoms with Crippen molar-refractivity contribution in [3.8, 4) is 0 Å². The van der Waals surface area contributed by atoms with Crippen molar-refractivity contribution in [1.29, 1.82) is 0 Å². The van der Waals surface area contributed by atoms with Crippen LogP contribution in [0.1, 0.15) is 58.8 Å². The van der Waals surface area contributed by atoms with Gasteiger partial charge >= 0.3 is 5.97 Å². The quantitative estimate of drug-likeness (QED) is 0.679. The number of fused-ring (bicyclic) bond motifs is 1. The normalized spacial score (nSPS) is 13.6. The van der Waals surface area contributed by atoms with E-state index in [0.717, 1.165) is 26.5 Å². The third kappa shape index (κ3) is 5.42. The number of halogens is 1. The summed E-state index contributed by atoms with van der Waals surface area (Å²) in [5.41, 5.74) is 1.44. The van der Waals surface area contributed by atoms with E-state index >= 15 is 0 Å². The molecule has 0 aliphatic heterocycles. The number of aryl methyl sites for hydroxylation is 1. The Bertz CT molecular complexity index is 903. The summed E-state index contributed by atoms with van der Waals surface area (Å²) in [5.74, 6) is -0.274. The first kappa shape index (κ1) is 21.6. The smallest absolute Gasteiger partial charge is 0.311 e. The zero-order valence-electron chi connectivity index (χ0n) is 17.0. The van der Waals surface area contributed by atoms with Crippen LogP contribution in [0.3, 0.4) is 0 Å². The Labute approximate surface area is 168 Å². The van der Waals surface area contributed by atoms with Crippen LogP contribution in [0.5, 0.6) is 0 Å². The van der Waals surface area contributed by atoms with E-state index in [9.17, 15) is 9.59 Å². The number of ether oxygens (including phenoxy) is 2. The van der Waals surface area contributed by atoms with Gasteiger partial charge in [-0.05, 0) is 82.1 Å². The van der Waals surface area contributed by atoms with Crippen molar-refractivity contribution in [3.05, 3.63) is 44.2 Å². The van der Waals surface area contributed by atoms with Gasteiger partial charge in [-0.3, -0.25) is 9.59 Å². The number of hydrogen-bond acceptors (Lipinski definition) is 4. The van der Waals surface area contributed by atoms with E-state index < -0.39 is 17.1 Å². The molecular formula is C21H28BrNO4. The van der Waals surface area contributed by atoms with Crippen molar-refractivity contribution in [2.24, 2.45) is 5.41 Å². The molecule has 0 fully saturated rings. The molecule has 0 spiro atoms. The highest BCUT2D eigenvalue weighted by atomic mass is 79.9. The van der Waals surface area contributed by atoms with Gasteiger partial charge in [0.2, 0.25) is 5.56 Å². The number of carbonyl (C=O) groups excluding carboxylic acids is 1. The molecule has 1 N–H and O–H groups in total. The van der Waals surface area contributed by atoms with Crippen LogP contribution in [-0.2, 0) is 14.3 Å². The van der Waals surface area contributed by atoms with Gasteiger partial charge in [0, 0.05) is 27.0 Å². The third-order valence-corrected chi connectivity index (χ3v) is 4.86. The predicted octanol–water partition coefficient (Wildman–Crippen LogP) is 5.04. The molecule has 1 aromatic heterocycles. The minimum atomic E-state index is -0.582. The van der Waals surface area contributed by atoms with Crippen LogP contribution >= 0.6 is 15.9 Å². The van der Waals surface area contributed by atoms with Crippen LogP contribution in [0.15, 0.2) is 27.5 Å². The van der Waals surface area contributed by atoms with E-state index in [-0.39, 0.29) is 18.1 Å². The molecule has 1 heterocycles. The number of rotatable bonds is 4. The van der Waals surface area contributed by atoms with Crippen molar-refractivity contribution >= 4 is 32.8 Å². The van der Waals surface area contributed by atoms with Crippen LogP contribution in [-0.4, -0.2) is 23.2 Å². The zero-order valence-corrected chi connectivity index (χ0v) is 18.6. The first-order valence-electron chi connectivity index (χ1n) is 8.96. The highest BCUT2D eigenvalue weighted by molar-refractivity contribution is 9.10. The predicted molar refractivity (Wildman–Crippen MR) is 111 cm³/mol. The van der Waals surface area contributed by atoms with Gasteiger partial charge in [-0.2, -0.15) is 0 Å². The molecule has 2 rings (SSSR count). The summed E-state index contributed by atoms with van der Waals surface area (Å²) in [6.45, 7) is 13.4. The largest absolute Gasteiger partial charge is 0.462 e. The number of hydrogen-bond donors (Lipinski definition) is 1. The molecule has 0 saturated carbocycles. The first-order chi connectivity index (χ1) is 12.3. The summed E-state index contributed by atoms with van der Waals surface area (Å²) in [6, 6.07) is 5.18. The fraction of sp³-hybridized carbons (Fsp3) is 0.524. The van der Waals surface area contributed by atoms with E-state index in [1.54, 1.807) is 6.07 Å². The summed E-state index contributed by atoms with van der Waals surface area (Å²) in [4.78, 5) is 26.7. The molecule has 1 aromatic carbocycles. The molecule has 1 atom stereocenters. The maximum Gasteiger partial charge on any atom is 0.311 e. The van der Waals surface area contributed by atoms with Crippen molar-refractivity contribution in [3.63, 3.8) is 0 Å². The molecule has 0 saturated heterocycles. The molecule has 2 aromatic rings. The Kier molecular flexibility index (Phi) is 6.22. The molecular weight excluding hydrogens is 410 g/mol. The average molecular weight is 438 g/mol. The molecule has 0 unspecified atom stereocenters. The summed E-state index contributed by atoms with van der Waals surface area (Å²) in [6.07, 6.45) is -0.443. The van der Waals surface area contributed by atoms with Crippen molar-refractivity contribution < 1.29 is 14.3 Å². The number of esters is 1. The number of nitrogens with one attached hydrogen (secondary N) is 1. The maximum absolute atomic E-state index is 12.3. The van der Waals surface area contributed by atoms with E-state index in [2.05, 4.69) is 20.9 Å². The van der Waals surface area contributed by atoms with E-state index in [4.69, 9.17) is 9.47 Å². The second-order valence-electron chi connectivity index (χ2n) is 8.77. The Balaban J connectivity index is 2.50. The second kappa shape index (κ2) is 7.76. The fourth-order valence-corrected chi connectivity index (χ4v) is 3.69. The number of aromatic amines is 1. The Morgan fingerprint density at radius 1 is 1.19 bits per heavy atom. The summed E-state index contributed by atoms with van der Waals surface area (Å²) >= 11 is 3.67. The average Bonchev–Trinajstić information content (AvgIpc) is 2.49. The van der Waals surface area contributed by atoms with Gasteiger partial charge in [0.1, 0.15) is 12.7 Å². The van der Waals surface area contributed by atoms with Crippen LogP contribution in [0.25, 0.3) is 10.9 Å². The van der Waals surface area contributed by atoms with Gasteiger partial charge in [-0.1, -0.05) is 0 Å². The van der Waals surface area contributed by atoms with Gasteiger partial charge in [0.15, 0.2) is 0 Å². The Morgan fingerprint density at radius 3 is 2.37 bits per heavy atom. The molecule has 148 valence electrons. The highest BCUT2D eigenvalue weighted by Gasteiger charge is 2.29. The minimum absolute atomic E-state index is 0.113. The van der Waals surface area contributed by atoms with Crippen LogP contribution < -0.4 is 5.56 Å². The standard InChI is InChI=1S/C21H28BrNO4/c1-12-10-14-13(8-9-16(24)23-14)18(22)17(12)15(27-21(5,6)7)11-26-19(25)20(2,3)4/h8-10,15H,11H2,1-7H3,(H,23,24)/t15-/m0/s1. The lowest BCUT2D eigenvalue weighted by Crippen LogP contribution is -2.30. The van der Waals surface area contributed by atoms with Crippen molar-refractivity contribution in [2.75, 3.05) is 6.61 Å². The molecule has 0 bridgehead atoms. The SMILES string of the molecule is Cc1cc2[nH]c(=O)ccc2c(Br)c1[C@H](COC(=O)C(C)(C)C)OC(C)(C)C. The van der Waals surface area contributed by atoms with Crippen molar-refractivity contribution in [2.45, 2.75) is 60.2 Å². The summed E-state index contributed by atoms with van der Waals surface area (Å²) < 4.78 is 12.6. The number of benzene rings is 1. The number of pyridine rings is 1. The monoisotopic (exact) mass is 437 g/mol. The molecule has 27 heavy (non-hydrogen) atoms. The van der Waals surface area contributed by atoms with Gasteiger partial charge < -0.3 is 14.5 Å². The van der Waals surface area contributed by atoms with Crippen LogP contribution in [0.4, 0.5) is 0 Å².